The molecule has 0 aliphatic rings. The van der Waals surface area contributed by atoms with Crippen LogP contribution in [0.2, 0.25) is 0 Å². The van der Waals surface area contributed by atoms with Gasteiger partial charge in [-0.1, -0.05) is 24.3 Å². The summed E-state index contributed by atoms with van der Waals surface area (Å²) >= 11 is 0. The number of benzene rings is 1. The largest absolute Gasteiger partial charge is 0.399 e. The molecule has 0 unspecified atom stereocenters. The van der Waals surface area contributed by atoms with Crippen molar-refractivity contribution in [2.24, 2.45) is 0 Å². The summed E-state index contributed by atoms with van der Waals surface area (Å²) in [7, 11) is 0. The van der Waals surface area contributed by atoms with E-state index in [9.17, 15) is 0 Å². The Labute approximate surface area is 79.6 Å². The SMILES string of the molecule is C=CC(C)(C=C)c1cccc(N)c1. The Hall–Kier alpha value is -1.50. The van der Waals surface area contributed by atoms with Gasteiger partial charge in [0.25, 0.3) is 0 Å². The van der Waals surface area contributed by atoms with Crippen LogP contribution in [0.15, 0.2) is 49.6 Å². The normalized spacial score (nSPS) is 10.8. The minimum Gasteiger partial charge on any atom is -0.399 e. The van der Waals surface area contributed by atoms with Crippen molar-refractivity contribution in [1.29, 1.82) is 0 Å². The van der Waals surface area contributed by atoms with Crippen LogP contribution in [0.1, 0.15) is 12.5 Å². The average molecular weight is 173 g/mol. The Morgan fingerprint density at radius 2 is 1.92 bits per heavy atom. The van der Waals surface area contributed by atoms with Crippen LogP contribution in [-0.2, 0) is 5.41 Å². The first-order chi connectivity index (χ1) is 6.12. The number of anilines is 1. The summed E-state index contributed by atoms with van der Waals surface area (Å²) in [6.45, 7) is 9.65. The topological polar surface area (TPSA) is 26.0 Å². The number of rotatable bonds is 3. The minimum absolute atomic E-state index is 0.185. The highest BCUT2D eigenvalue weighted by Crippen LogP contribution is 2.27. The standard InChI is InChI=1S/C12H15N/c1-4-12(3,5-2)10-7-6-8-11(13)9-10/h4-9H,1-2,13H2,3H3. The molecule has 1 aromatic carbocycles. The van der Waals surface area contributed by atoms with Crippen molar-refractivity contribution in [3.8, 4) is 0 Å². The molecule has 0 saturated carbocycles. The first-order valence-electron chi connectivity index (χ1n) is 4.25. The summed E-state index contributed by atoms with van der Waals surface area (Å²) in [5.41, 5.74) is 7.40. The van der Waals surface area contributed by atoms with E-state index in [0.29, 0.717) is 0 Å². The third-order valence-electron chi connectivity index (χ3n) is 2.36. The van der Waals surface area contributed by atoms with E-state index in [0.717, 1.165) is 11.3 Å². The van der Waals surface area contributed by atoms with Crippen molar-refractivity contribution in [3.63, 3.8) is 0 Å². The number of hydrogen-bond acceptors (Lipinski definition) is 1. The Bertz CT molecular complexity index is 318. The van der Waals surface area contributed by atoms with Crippen molar-refractivity contribution in [3.05, 3.63) is 55.1 Å². The third-order valence-corrected chi connectivity index (χ3v) is 2.36. The van der Waals surface area contributed by atoms with Crippen LogP contribution < -0.4 is 5.73 Å². The molecule has 68 valence electrons. The van der Waals surface area contributed by atoms with Crippen LogP contribution in [0.4, 0.5) is 5.69 Å². The van der Waals surface area contributed by atoms with Gasteiger partial charge in [-0.25, -0.2) is 0 Å². The molecule has 13 heavy (non-hydrogen) atoms. The highest BCUT2D eigenvalue weighted by atomic mass is 14.5. The fourth-order valence-electron chi connectivity index (χ4n) is 1.19. The van der Waals surface area contributed by atoms with E-state index in [1.165, 1.54) is 0 Å². The molecule has 0 aliphatic carbocycles. The van der Waals surface area contributed by atoms with E-state index in [2.05, 4.69) is 20.1 Å². The van der Waals surface area contributed by atoms with Gasteiger partial charge in [-0.05, 0) is 24.6 Å². The van der Waals surface area contributed by atoms with Gasteiger partial charge < -0.3 is 5.73 Å². The van der Waals surface area contributed by atoms with Crippen molar-refractivity contribution in [2.75, 3.05) is 5.73 Å². The first-order valence-corrected chi connectivity index (χ1v) is 4.25. The van der Waals surface area contributed by atoms with Gasteiger partial charge in [0, 0.05) is 11.1 Å². The monoisotopic (exact) mass is 173 g/mol. The summed E-state index contributed by atoms with van der Waals surface area (Å²) in [6.07, 6.45) is 3.74. The lowest BCUT2D eigenvalue weighted by Gasteiger charge is -2.21. The highest BCUT2D eigenvalue weighted by Gasteiger charge is 2.17. The van der Waals surface area contributed by atoms with E-state index in [1.807, 2.05) is 36.4 Å². The Kier molecular flexibility index (Phi) is 2.57. The fourth-order valence-corrected chi connectivity index (χ4v) is 1.19. The molecule has 0 amide bonds. The highest BCUT2D eigenvalue weighted by molar-refractivity contribution is 5.46. The molecule has 1 rings (SSSR count). The van der Waals surface area contributed by atoms with Gasteiger partial charge in [0.2, 0.25) is 0 Å². The van der Waals surface area contributed by atoms with Gasteiger partial charge >= 0.3 is 0 Å². The second-order valence-corrected chi connectivity index (χ2v) is 3.32. The first kappa shape index (κ1) is 9.59. The lowest BCUT2D eigenvalue weighted by atomic mass is 9.83. The van der Waals surface area contributed by atoms with Crippen molar-refractivity contribution in [2.45, 2.75) is 12.3 Å². The van der Waals surface area contributed by atoms with E-state index in [-0.39, 0.29) is 5.41 Å². The number of nitrogens with two attached hydrogens (primary N) is 1. The van der Waals surface area contributed by atoms with Crippen LogP contribution in [0, 0.1) is 0 Å². The van der Waals surface area contributed by atoms with Crippen molar-refractivity contribution >= 4 is 5.69 Å². The number of hydrogen-bond donors (Lipinski definition) is 1. The lowest BCUT2D eigenvalue weighted by Crippen LogP contribution is -2.14. The zero-order chi connectivity index (χ0) is 9.90. The predicted molar refractivity (Wildman–Crippen MR) is 58.6 cm³/mol. The van der Waals surface area contributed by atoms with Crippen LogP contribution in [-0.4, -0.2) is 0 Å². The summed E-state index contributed by atoms with van der Waals surface area (Å²) in [6, 6.07) is 7.79. The summed E-state index contributed by atoms with van der Waals surface area (Å²) in [5, 5.41) is 0. The van der Waals surface area contributed by atoms with Gasteiger partial charge in [-0.3, -0.25) is 0 Å². The van der Waals surface area contributed by atoms with E-state index in [1.54, 1.807) is 0 Å². The van der Waals surface area contributed by atoms with Gasteiger partial charge in [0.05, 0.1) is 0 Å². The Balaban J connectivity index is 3.19. The molecule has 1 aromatic rings. The van der Waals surface area contributed by atoms with Gasteiger partial charge in [-0.15, -0.1) is 13.2 Å². The van der Waals surface area contributed by atoms with Crippen molar-refractivity contribution < 1.29 is 0 Å². The van der Waals surface area contributed by atoms with E-state index >= 15 is 0 Å². The Morgan fingerprint density at radius 1 is 1.31 bits per heavy atom. The molecular weight excluding hydrogens is 158 g/mol. The summed E-state index contributed by atoms with van der Waals surface area (Å²) in [4.78, 5) is 0. The van der Waals surface area contributed by atoms with Crippen LogP contribution >= 0.6 is 0 Å². The smallest absolute Gasteiger partial charge is 0.0317 e. The van der Waals surface area contributed by atoms with E-state index in [4.69, 9.17) is 5.73 Å². The molecule has 1 nitrogen and oxygen atoms in total. The molecule has 1 heteroatoms. The molecule has 2 N–H and O–H groups in total. The summed E-state index contributed by atoms with van der Waals surface area (Å²) in [5.74, 6) is 0. The second kappa shape index (κ2) is 3.48. The molecule has 0 atom stereocenters. The lowest BCUT2D eigenvalue weighted by molar-refractivity contribution is 0.763. The Morgan fingerprint density at radius 3 is 2.38 bits per heavy atom. The maximum atomic E-state index is 5.70. The molecule has 0 aromatic heterocycles. The molecule has 0 heterocycles. The second-order valence-electron chi connectivity index (χ2n) is 3.32. The maximum absolute atomic E-state index is 5.70. The average Bonchev–Trinajstić information content (AvgIpc) is 2.17. The summed E-state index contributed by atoms with van der Waals surface area (Å²) < 4.78 is 0. The molecule has 0 aliphatic heterocycles. The molecule has 0 bridgehead atoms. The fraction of sp³-hybridized carbons (Fsp3) is 0.167. The molecule has 0 spiro atoms. The molecule has 0 saturated heterocycles. The predicted octanol–water partition coefficient (Wildman–Crippen LogP) is 2.90. The van der Waals surface area contributed by atoms with Crippen molar-refractivity contribution in [1.82, 2.24) is 0 Å². The third kappa shape index (κ3) is 1.81. The van der Waals surface area contributed by atoms with Gasteiger partial charge in [-0.2, -0.15) is 0 Å². The minimum atomic E-state index is -0.185. The van der Waals surface area contributed by atoms with Crippen LogP contribution in [0.3, 0.4) is 0 Å². The van der Waals surface area contributed by atoms with Crippen LogP contribution in [0.25, 0.3) is 0 Å². The van der Waals surface area contributed by atoms with E-state index < -0.39 is 0 Å². The molecule has 0 radical (unpaired) electrons. The maximum Gasteiger partial charge on any atom is 0.0317 e. The van der Waals surface area contributed by atoms with Crippen LogP contribution in [0.5, 0.6) is 0 Å². The number of allylic oxidation sites excluding steroid dienone is 2. The van der Waals surface area contributed by atoms with Gasteiger partial charge in [0.15, 0.2) is 0 Å². The quantitative estimate of drug-likeness (QED) is 0.552. The molecule has 0 fully saturated rings. The number of nitrogen functional groups attached to an aromatic ring is 1. The zero-order valence-corrected chi connectivity index (χ0v) is 7.96. The zero-order valence-electron chi connectivity index (χ0n) is 7.96. The molecular formula is C12H15N. The van der Waals surface area contributed by atoms with Gasteiger partial charge in [0.1, 0.15) is 0 Å².